The largest absolute Gasteiger partial charge is 0.480 e. The molecule has 0 bridgehead atoms. The number of ether oxygens (including phenoxy) is 1. The lowest BCUT2D eigenvalue weighted by molar-refractivity contribution is 0.397. The predicted octanol–water partition coefficient (Wildman–Crippen LogP) is 1.10. The number of aromatic nitrogens is 2. The van der Waals surface area contributed by atoms with E-state index in [0.29, 0.717) is 12.4 Å². The number of para-hydroxylation sites is 1. The monoisotopic (exact) mass is 189 g/mol. The molecule has 2 rings (SSSR count). The molecule has 1 aromatic carbocycles. The molecule has 0 saturated carbocycles. The molecule has 1 aromatic heterocycles. The van der Waals surface area contributed by atoms with Crippen LogP contribution >= 0.6 is 0 Å². The van der Waals surface area contributed by atoms with Crippen molar-refractivity contribution >= 4 is 11.0 Å². The minimum atomic E-state index is 0.458. The van der Waals surface area contributed by atoms with E-state index in [1.54, 1.807) is 13.3 Å². The van der Waals surface area contributed by atoms with Crippen LogP contribution < -0.4 is 10.5 Å². The van der Waals surface area contributed by atoms with Crippen molar-refractivity contribution in [3.05, 3.63) is 30.0 Å². The molecular formula is C10H11N3O. The minimum absolute atomic E-state index is 0.458. The summed E-state index contributed by atoms with van der Waals surface area (Å²) in [5.41, 5.74) is 8.23. The summed E-state index contributed by atoms with van der Waals surface area (Å²) in [5, 5.41) is 0. The van der Waals surface area contributed by atoms with Crippen LogP contribution in [0.5, 0.6) is 5.88 Å². The first kappa shape index (κ1) is 8.90. The van der Waals surface area contributed by atoms with Gasteiger partial charge in [0.1, 0.15) is 0 Å². The van der Waals surface area contributed by atoms with E-state index in [0.717, 1.165) is 16.6 Å². The molecule has 0 radical (unpaired) electrons. The number of hydrogen-bond acceptors (Lipinski definition) is 4. The molecule has 2 aromatic rings. The van der Waals surface area contributed by atoms with Crippen molar-refractivity contribution in [3.8, 4) is 5.88 Å². The van der Waals surface area contributed by atoms with Crippen molar-refractivity contribution in [3.63, 3.8) is 0 Å². The van der Waals surface area contributed by atoms with E-state index in [9.17, 15) is 0 Å². The van der Waals surface area contributed by atoms with Crippen LogP contribution in [-0.4, -0.2) is 17.1 Å². The van der Waals surface area contributed by atoms with Crippen LogP contribution in [-0.2, 0) is 6.54 Å². The number of benzene rings is 1. The van der Waals surface area contributed by atoms with Gasteiger partial charge in [0.05, 0.1) is 24.3 Å². The zero-order valence-corrected chi connectivity index (χ0v) is 7.90. The Morgan fingerprint density at radius 2 is 2.29 bits per heavy atom. The lowest BCUT2D eigenvalue weighted by Gasteiger charge is -2.04. The fourth-order valence-corrected chi connectivity index (χ4v) is 1.34. The average Bonchev–Trinajstić information content (AvgIpc) is 2.27. The lowest BCUT2D eigenvalue weighted by Crippen LogP contribution is -2.00. The Morgan fingerprint density at radius 3 is 3.00 bits per heavy atom. The molecule has 72 valence electrons. The van der Waals surface area contributed by atoms with Crippen molar-refractivity contribution in [1.29, 1.82) is 0 Å². The number of methoxy groups -OCH3 is 1. The Labute approximate surface area is 81.7 Å². The van der Waals surface area contributed by atoms with Crippen molar-refractivity contribution in [2.75, 3.05) is 7.11 Å². The Bertz CT molecular complexity index is 456. The molecule has 0 aliphatic carbocycles. The van der Waals surface area contributed by atoms with Gasteiger partial charge in [0, 0.05) is 6.54 Å². The summed E-state index contributed by atoms with van der Waals surface area (Å²) >= 11 is 0. The maximum absolute atomic E-state index is 5.60. The van der Waals surface area contributed by atoms with E-state index in [1.807, 2.05) is 18.2 Å². The van der Waals surface area contributed by atoms with E-state index in [-0.39, 0.29) is 0 Å². The Kier molecular flexibility index (Phi) is 2.28. The highest BCUT2D eigenvalue weighted by Gasteiger charge is 2.03. The number of nitrogens with two attached hydrogens (primary N) is 1. The van der Waals surface area contributed by atoms with Gasteiger partial charge in [0.2, 0.25) is 5.88 Å². The zero-order valence-electron chi connectivity index (χ0n) is 7.90. The number of hydrogen-bond donors (Lipinski definition) is 1. The predicted molar refractivity (Wildman–Crippen MR) is 54.0 cm³/mol. The fraction of sp³-hybridized carbons (Fsp3) is 0.200. The van der Waals surface area contributed by atoms with Crippen LogP contribution in [0.2, 0.25) is 0 Å². The summed E-state index contributed by atoms with van der Waals surface area (Å²) in [6.07, 6.45) is 1.60. The van der Waals surface area contributed by atoms with Gasteiger partial charge in [-0.1, -0.05) is 12.1 Å². The quantitative estimate of drug-likeness (QED) is 0.768. The first-order chi connectivity index (χ1) is 6.85. The molecule has 0 saturated heterocycles. The number of nitrogens with zero attached hydrogens (tertiary/aromatic N) is 2. The number of rotatable bonds is 2. The van der Waals surface area contributed by atoms with Crippen LogP contribution in [0.4, 0.5) is 0 Å². The maximum atomic E-state index is 5.60. The van der Waals surface area contributed by atoms with Gasteiger partial charge in [0.25, 0.3) is 0 Å². The second-order valence-corrected chi connectivity index (χ2v) is 2.90. The van der Waals surface area contributed by atoms with Crippen molar-refractivity contribution < 1.29 is 4.74 Å². The van der Waals surface area contributed by atoms with Gasteiger partial charge in [-0.15, -0.1) is 0 Å². The first-order valence-corrected chi connectivity index (χ1v) is 4.34. The standard InChI is InChI=1S/C10H11N3O/c1-14-9-6-12-8-4-2-3-7(5-11)10(8)13-9/h2-4,6H,5,11H2,1H3. The Balaban J connectivity index is 2.70. The maximum Gasteiger partial charge on any atom is 0.232 e. The SMILES string of the molecule is COc1cnc2cccc(CN)c2n1. The Morgan fingerprint density at radius 1 is 1.43 bits per heavy atom. The van der Waals surface area contributed by atoms with E-state index < -0.39 is 0 Å². The molecule has 1 heterocycles. The van der Waals surface area contributed by atoms with Crippen molar-refractivity contribution in [2.45, 2.75) is 6.54 Å². The number of fused-ring (bicyclic) bond motifs is 1. The molecule has 14 heavy (non-hydrogen) atoms. The van der Waals surface area contributed by atoms with Gasteiger partial charge in [0.15, 0.2) is 0 Å². The topological polar surface area (TPSA) is 61.0 Å². The second kappa shape index (κ2) is 3.59. The van der Waals surface area contributed by atoms with Crippen molar-refractivity contribution in [1.82, 2.24) is 9.97 Å². The van der Waals surface area contributed by atoms with E-state index >= 15 is 0 Å². The highest BCUT2D eigenvalue weighted by atomic mass is 16.5. The summed E-state index contributed by atoms with van der Waals surface area (Å²) in [6, 6.07) is 5.77. The third-order valence-electron chi connectivity index (χ3n) is 2.06. The van der Waals surface area contributed by atoms with E-state index in [4.69, 9.17) is 10.5 Å². The molecule has 0 atom stereocenters. The first-order valence-electron chi connectivity index (χ1n) is 4.34. The third-order valence-corrected chi connectivity index (χ3v) is 2.06. The highest BCUT2D eigenvalue weighted by Crippen LogP contribution is 2.16. The van der Waals surface area contributed by atoms with E-state index in [1.165, 1.54) is 0 Å². The van der Waals surface area contributed by atoms with Crippen LogP contribution in [0.25, 0.3) is 11.0 Å². The molecule has 2 N–H and O–H groups in total. The average molecular weight is 189 g/mol. The molecular weight excluding hydrogens is 178 g/mol. The molecule has 4 nitrogen and oxygen atoms in total. The smallest absolute Gasteiger partial charge is 0.232 e. The van der Waals surface area contributed by atoms with Crippen LogP contribution in [0, 0.1) is 0 Å². The van der Waals surface area contributed by atoms with Crippen LogP contribution in [0.3, 0.4) is 0 Å². The zero-order chi connectivity index (χ0) is 9.97. The summed E-state index contributed by atoms with van der Waals surface area (Å²) in [7, 11) is 1.57. The normalized spacial score (nSPS) is 10.4. The van der Waals surface area contributed by atoms with Gasteiger partial charge in [-0.2, -0.15) is 0 Å². The minimum Gasteiger partial charge on any atom is -0.480 e. The van der Waals surface area contributed by atoms with Gasteiger partial charge in [-0.3, -0.25) is 0 Å². The molecule has 0 aliphatic rings. The molecule has 0 amide bonds. The third kappa shape index (κ3) is 1.40. The molecule has 0 fully saturated rings. The highest BCUT2D eigenvalue weighted by molar-refractivity contribution is 5.78. The van der Waals surface area contributed by atoms with Crippen LogP contribution in [0.1, 0.15) is 5.56 Å². The summed E-state index contributed by atoms with van der Waals surface area (Å²) in [5.74, 6) is 0.512. The lowest BCUT2D eigenvalue weighted by atomic mass is 10.2. The van der Waals surface area contributed by atoms with Gasteiger partial charge in [-0.25, -0.2) is 9.97 Å². The fourth-order valence-electron chi connectivity index (χ4n) is 1.34. The Hall–Kier alpha value is -1.68. The summed E-state index contributed by atoms with van der Waals surface area (Å²) < 4.78 is 5.01. The van der Waals surface area contributed by atoms with E-state index in [2.05, 4.69) is 9.97 Å². The van der Waals surface area contributed by atoms with Gasteiger partial charge >= 0.3 is 0 Å². The molecule has 0 spiro atoms. The summed E-state index contributed by atoms with van der Waals surface area (Å²) in [4.78, 5) is 8.52. The molecule has 0 aliphatic heterocycles. The van der Waals surface area contributed by atoms with Gasteiger partial charge < -0.3 is 10.5 Å². The molecule has 4 heteroatoms. The second-order valence-electron chi connectivity index (χ2n) is 2.90. The van der Waals surface area contributed by atoms with Gasteiger partial charge in [-0.05, 0) is 11.6 Å². The van der Waals surface area contributed by atoms with Crippen molar-refractivity contribution in [2.24, 2.45) is 5.73 Å². The molecule has 0 unspecified atom stereocenters. The van der Waals surface area contributed by atoms with Crippen LogP contribution in [0.15, 0.2) is 24.4 Å². The summed E-state index contributed by atoms with van der Waals surface area (Å²) in [6.45, 7) is 0.458.